The number of nitrogens with one attached hydrogen (secondary N) is 1. The molecule has 2 aliphatic rings. The molecule has 7 nitrogen and oxygen atoms in total. The van der Waals surface area contributed by atoms with Crippen LogP contribution in [0.5, 0.6) is 5.75 Å². The van der Waals surface area contributed by atoms with Crippen LogP contribution in [0.3, 0.4) is 0 Å². The fourth-order valence-corrected chi connectivity index (χ4v) is 6.11. The van der Waals surface area contributed by atoms with Crippen molar-refractivity contribution < 1.29 is 4.74 Å². The molecular formula is C32H37N5O2. The van der Waals surface area contributed by atoms with E-state index in [1.54, 1.807) is 7.11 Å². The minimum absolute atomic E-state index is 0.0219. The molecule has 2 aromatic heterocycles. The second kappa shape index (κ2) is 11.6. The minimum atomic E-state index is 0.0219. The Labute approximate surface area is 229 Å². The topological polar surface area (TPSA) is 72.3 Å². The zero-order chi connectivity index (χ0) is 26.6. The quantitative estimate of drug-likeness (QED) is 0.334. The van der Waals surface area contributed by atoms with Gasteiger partial charge in [-0.05, 0) is 68.0 Å². The summed E-state index contributed by atoms with van der Waals surface area (Å²) in [5.41, 5.74) is 3.68. The molecule has 0 atom stereocenters. The average Bonchev–Trinajstić information content (AvgIpc) is 3.52. The Morgan fingerprint density at radius 1 is 0.974 bits per heavy atom. The van der Waals surface area contributed by atoms with Gasteiger partial charge in [0.1, 0.15) is 11.4 Å². The normalized spacial score (nSPS) is 16.7. The number of piperidine rings is 1. The second-order valence-corrected chi connectivity index (χ2v) is 10.8. The summed E-state index contributed by atoms with van der Waals surface area (Å²) >= 11 is 0. The molecule has 1 saturated carbocycles. The van der Waals surface area contributed by atoms with Crippen molar-refractivity contribution >= 4 is 17.0 Å². The van der Waals surface area contributed by atoms with Crippen molar-refractivity contribution in [3.63, 3.8) is 0 Å². The molecule has 0 amide bonds. The zero-order valence-corrected chi connectivity index (χ0v) is 22.7. The number of ether oxygens (including phenoxy) is 1. The molecule has 39 heavy (non-hydrogen) atoms. The average molecular weight is 524 g/mol. The van der Waals surface area contributed by atoms with Gasteiger partial charge < -0.3 is 15.0 Å². The van der Waals surface area contributed by atoms with Crippen LogP contribution in [-0.4, -0.2) is 47.3 Å². The molecule has 1 aliphatic heterocycles. The first-order valence-corrected chi connectivity index (χ1v) is 14.3. The molecular weight excluding hydrogens is 486 g/mol. The largest absolute Gasteiger partial charge is 0.497 e. The van der Waals surface area contributed by atoms with Gasteiger partial charge in [0.25, 0.3) is 5.56 Å². The molecule has 1 aliphatic carbocycles. The maximum Gasteiger partial charge on any atom is 0.260 e. The molecule has 3 heterocycles. The number of pyridine rings is 1. The molecule has 0 spiro atoms. The van der Waals surface area contributed by atoms with Crippen LogP contribution in [0.1, 0.15) is 50.1 Å². The van der Waals surface area contributed by atoms with Gasteiger partial charge in [-0.2, -0.15) is 4.98 Å². The van der Waals surface area contributed by atoms with E-state index in [2.05, 4.69) is 40.5 Å². The molecule has 202 valence electrons. The summed E-state index contributed by atoms with van der Waals surface area (Å²) in [4.78, 5) is 26.0. The predicted octanol–water partition coefficient (Wildman–Crippen LogP) is 5.38. The van der Waals surface area contributed by atoms with E-state index >= 15 is 0 Å². The van der Waals surface area contributed by atoms with E-state index in [1.807, 2.05) is 41.1 Å². The highest BCUT2D eigenvalue weighted by molar-refractivity contribution is 5.82. The Bertz CT molecular complexity index is 1470. The monoisotopic (exact) mass is 523 g/mol. The van der Waals surface area contributed by atoms with E-state index in [4.69, 9.17) is 14.7 Å². The number of nitrogens with zero attached hydrogens (tertiary/aromatic N) is 4. The molecule has 0 radical (unpaired) electrons. The first-order valence-electron chi connectivity index (χ1n) is 14.3. The lowest BCUT2D eigenvalue weighted by Crippen LogP contribution is -2.43. The Kier molecular flexibility index (Phi) is 7.59. The van der Waals surface area contributed by atoms with Crippen molar-refractivity contribution in [3.05, 3.63) is 82.8 Å². The summed E-state index contributed by atoms with van der Waals surface area (Å²) in [5.74, 6) is 1.47. The second-order valence-electron chi connectivity index (χ2n) is 10.8. The van der Waals surface area contributed by atoms with Crippen molar-refractivity contribution in [1.29, 1.82) is 0 Å². The fraction of sp³-hybridized carbons (Fsp3) is 0.406. The summed E-state index contributed by atoms with van der Waals surface area (Å²) in [6.45, 7) is 2.80. The molecule has 2 fully saturated rings. The lowest BCUT2D eigenvalue weighted by Gasteiger charge is -2.32. The van der Waals surface area contributed by atoms with E-state index < -0.39 is 0 Å². The van der Waals surface area contributed by atoms with E-state index in [9.17, 15) is 4.79 Å². The molecule has 1 saturated heterocycles. The molecule has 1 N–H and O–H groups in total. The SMILES string of the molecule is COc1cccc(-c2cc3cnc(N4CCC(NCCc5ccccc5)CC4)nc3n(C3CCCC3)c2=O)c1. The van der Waals surface area contributed by atoms with Gasteiger partial charge in [-0.25, -0.2) is 4.98 Å². The van der Waals surface area contributed by atoms with Crippen molar-refractivity contribution in [2.45, 2.75) is 57.0 Å². The van der Waals surface area contributed by atoms with Crippen molar-refractivity contribution in [2.75, 3.05) is 31.6 Å². The highest BCUT2D eigenvalue weighted by Crippen LogP contribution is 2.33. The smallest absolute Gasteiger partial charge is 0.260 e. The summed E-state index contributed by atoms with van der Waals surface area (Å²) in [6.07, 6.45) is 9.36. The lowest BCUT2D eigenvalue weighted by molar-refractivity contribution is 0.415. The van der Waals surface area contributed by atoms with Gasteiger partial charge >= 0.3 is 0 Å². The van der Waals surface area contributed by atoms with Crippen LogP contribution in [0, 0.1) is 0 Å². The zero-order valence-electron chi connectivity index (χ0n) is 22.7. The van der Waals surface area contributed by atoms with Gasteiger partial charge in [-0.3, -0.25) is 9.36 Å². The van der Waals surface area contributed by atoms with Gasteiger partial charge in [0.15, 0.2) is 0 Å². The Morgan fingerprint density at radius 3 is 2.54 bits per heavy atom. The van der Waals surface area contributed by atoms with Crippen LogP contribution in [0.4, 0.5) is 5.95 Å². The highest BCUT2D eigenvalue weighted by atomic mass is 16.5. The number of anilines is 1. The molecule has 7 heteroatoms. The third kappa shape index (κ3) is 5.55. The summed E-state index contributed by atoms with van der Waals surface area (Å²) < 4.78 is 7.38. The van der Waals surface area contributed by atoms with Crippen molar-refractivity contribution in [1.82, 2.24) is 19.9 Å². The number of fused-ring (bicyclic) bond motifs is 1. The van der Waals surface area contributed by atoms with Gasteiger partial charge in [0, 0.05) is 42.3 Å². The number of hydrogen-bond donors (Lipinski definition) is 1. The number of rotatable bonds is 8. The van der Waals surface area contributed by atoms with E-state index in [-0.39, 0.29) is 11.6 Å². The van der Waals surface area contributed by atoms with E-state index in [0.29, 0.717) is 11.6 Å². The van der Waals surface area contributed by atoms with E-state index in [1.165, 1.54) is 5.56 Å². The van der Waals surface area contributed by atoms with Crippen LogP contribution in [-0.2, 0) is 6.42 Å². The molecule has 4 aromatic rings. The van der Waals surface area contributed by atoms with Crippen LogP contribution in [0.2, 0.25) is 0 Å². The Morgan fingerprint density at radius 2 is 1.77 bits per heavy atom. The molecule has 0 bridgehead atoms. The summed E-state index contributed by atoms with van der Waals surface area (Å²) in [7, 11) is 1.65. The number of benzene rings is 2. The first kappa shape index (κ1) is 25.6. The van der Waals surface area contributed by atoms with Crippen LogP contribution >= 0.6 is 0 Å². The fourth-order valence-electron chi connectivity index (χ4n) is 6.11. The summed E-state index contributed by atoms with van der Waals surface area (Å²) in [5, 5.41) is 4.64. The number of aromatic nitrogens is 3. The van der Waals surface area contributed by atoms with E-state index in [0.717, 1.165) is 92.9 Å². The number of hydrogen-bond acceptors (Lipinski definition) is 6. The maximum atomic E-state index is 13.9. The van der Waals surface area contributed by atoms with Crippen molar-refractivity contribution in [3.8, 4) is 16.9 Å². The van der Waals surface area contributed by atoms with Crippen LogP contribution in [0.15, 0.2) is 71.7 Å². The highest BCUT2D eigenvalue weighted by Gasteiger charge is 2.25. The minimum Gasteiger partial charge on any atom is -0.497 e. The maximum absolute atomic E-state index is 13.9. The van der Waals surface area contributed by atoms with Gasteiger partial charge in [0.05, 0.1) is 7.11 Å². The Balaban J connectivity index is 1.23. The van der Waals surface area contributed by atoms with Crippen LogP contribution in [0.25, 0.3) is 22.2 Å². The lowest BCUT2D eigenvalue weighted by atomic mass is 10.0. The number of methoxy groups -OCH3 is 1. The first-order chi connectivity index (χ1) is 19.2. The molecule has 2 aromatic carbocycles. The third-order valence-corrected chi connectivity index (χ3v) is 8.30. The molecule has 0 unspecified atom stereocenters. The summed E-state index contributed by atoms with van der Waals surface area (Å²) in [6, 6.07) is 21.0. The molecule has 6 rings (SSSR count). The predicted molar refractivity (Wildman–Crippen MR) is 157 cm³/mol. The standard InChI is InChI=1S/C32H37N5O2/c1-39-28-13-7-10-24(20-28)29-21-25-22-34-32(35-30(25)37(31(29)38)27-11-5-6-12-27)36-18-15-26(16-19-36)33-17-14-23-8-3-2-4-9-23/h2-4,7-10,13,20-22,26-27,33H,5-6,11-12,14-19H2,1H3. The van der Waals surface area contributed by atoms with Crippen molar-refractivity contribution in [2.24, 2.45) is 0 Å². The van der Waals surface area contributed by atoms with Crippen LogP contribution < -0.4 is 20.5 Å². The van der Waals surface area contributed by atoms with Gasteiger partial charge in [0.2, 0.25) is 5.95 Å². The van der Waals surface area contributed by atoms with Gasteiger partial charge in [-0.1, -0.05) is 55.3 Å². The third-order valence-electron chi connectivity index (χ3n) is 8.30. The Hall–Kier alpha value is -3.71. The van der Waals surface area contributed by atoms with Gasteiger partial charge in [-0.15, -0.1) is 0 Å².